The molecule has 0 aromatic heterocycles. The standard InChI is InChI=1S/C27H34N4O6/c28-20(14-18-8-3-1-4-9-18)16-24(33)29-21(15-19-10-5-2-6-11-19)26(35)31-13-7-12-23(31)25(34)30-22(17-32)27(36)37/h1-6,8-11,20-23,32H,7,12-17,28H2,(H,29,33)(H,30,34)(H,36,37)/t20-,21-,22-,23-/m0/s1. The van der Waals surface area contributed by atoms with Crippen LogP contribution in [0.3, 0.4) is 0 Å². The van der Waals surface area contributed by atoms with Crippen molar-refractivity contribution in [3.8, 4) is 0 Å². The van der Waals surface area contributed by atoms with E-state index >= 15 is 0 Å². The molecule has 1 saturated heterocycles. The van der Waals surface area contributed by atoms with Gasteiger partial charge in [0.05, 0.1) is 6.61 Å². The summed E-state index contributed by atoms with van der Waals surface area (Å²) in [6.45, 7) is -0.472. The fourth-order valence-corrected chi connectivity index (χ4v) is 4.49. The van der Waals surface area contributed by atoms with Crippen molar-refractivity contribution in [2.75, 3.05) is 13.2 Å². The first-order valence-corrected chi connectivity index (χ1v) is 12.4. The second-order valence-electron chi connectivity index (χ2n) is 9.24. The van der Waals surface area contributed by atoms with Crippen molar-refractivity contribution in [1.29, 1.82) is 0 Å². The zero-order chi connectivity index (χ0) is 26.8. The van der Waals surface area contributed by atoms with Gasteiger partial charge in [-0.2, -0.15) is 0 Å². The van der Waals surface area contributed by atoms with Crippen LogP contribution in [0.25, 0.3) is 0 Å². The predicted octanol–water partition coefficient (Wildman–Crippen LogP) is 0.227. The van der Waals surface area contributed by atoms with Gasteiger partial charge in [-0.05, 0) is 30.4 Å². The first kappa shape index (κ1) is 27.8. The van der Waals surface area contributed by atoms with Crippen LogP contribution in [-0.4, -0.2) is 76.1 Å². The summed E-state index contributed by atoms with van der Waals surface area (Å²) in [5.41, 5.74) is 8.04. The van der Waals surface area contributed by atoms with Crippen LogP contribution in [0.4, 0.5) is 0 Å². The number of hydrogen-bond donors (Lipinski definition) is 5. The van der Waals surface area contributed by atoms with Gasteiger partial charge in [0.2, 0.25) is 17.7 Å². The van der Waals surface area contributed by atoms with Crippen LogP contribution >= 0.6 is 0 Å². The number of aliphatic carboxylic acids is 1. The van der Waals surface area contributed by atoms with Gasteiger partial charge >= 0.3 is 5.97 Å². The summed E-state index contributed by atoms with van der Waals surface area (Å²) in [6.07, 6.45) is 1.65. The van der Waals surface area contributed by atoms with E-state index < -0.39 is 48.6 Å². The highest BCUT2D eigenvalue weighted by molar-refractivity contribution is 5.94. The van der Waals surface area contributed by atoms with Crippen LogP contribution in [0.1, 0.15) is 30.4 Å². The highest BCUT2D eigenvalue weighted by Crippen LogP contribution is 2.20. The number of amides is 3. The highest BCUT2D eigenvalue weighted by Gasteiger charge is 2.38. The molecule has 1 aliphatic heterocycles. The molecule has 0 spiro atoms. The first-order valence-electron chi connectivity index (χ1n) is 12.4. The van der Waals surface area contributed by atoms with Crippen molar-refractivity contribution in [3.63, 3.8) is 0 Å². The van der Waals surface area contributed by atoms with Gasteiger partial charge in [0.15, 0.2) is 0 Å². The Hall–Kier alpha value is -3.76. The normalized spacial score (nSPS) is 17.5. The van der Waals surface area contributed by atoms with E-state index in [-0.39, 0.29) is 18.7 Å². The quantitative estimate of drug-likeness (QED) is 0.273. The van der Waals surface area contributed by atoms with E-state index in [1.54, 1.807) is 0 Å². The number of aliphatic hydroxyl groups excluding tert-OH is 1. The predicted molar refractivity (Wildman–Crippen MR) is 136 cm³/mol. The molecule has 37 heavy (non-hydrogen) atoms. The van der Waals surface area contributed by atoms with Gasteiger partial charge in [0, 0.05) is 25.4 Å². The van der Waals surface area contributed by atoms with E-state index in [1.807, 2.05) is 60.7 Å². The summed E-state index contributed by atoms with van der Waals surface area (Å²) in [6, 6.07) is 15.1. The lowest BCUT2D eigenvalue weighted by Gasteiger charge is -2.29. The van der Waals surface area contributed by atoms with Crippen molar-refractivity contribution < 1.29 is 29.4 Å². The number of carboxylic acids is 1. The van der Waals surface area contributed by atoms with Crippen molar-refractivity contribution in [2.24, 2.45) is 5.73 Å². The molecular formula is C27H34N4O6. The van der Waals surface area contributed by atoms with Gasteiger partial charge in [-0.1, -0.05) is 60.7 Å². The Kier molecular flexibility index (Phi) is 10.2. The third-order valence-electron chi connectivity index (χ3n) is 6.34. The van der Waals surface area contributed by atoms with Crippen molar-refractivity contribution in [3.05, 3.63) is 71.8 Å². The molecule has 1 aliphatic rings. The first-order chi connectivity index (χ1) is 17.8. The molecule has 2 aromatic rings. The lowest BCUT2D eigenvalue weighted by molar-refractivity contribution is -0.145. The average molecular weight is 511 g/mol. The SMILES string of the molecule is N[C@H](CC(=O)N[C@@H](Cc1ccccc1)C(=O)N1CCC[C@H]1C(=O)N[C@@H](CO)C(=O)O)Cc1ccccc1. The molecule has 0 radical (unpaired) electrons. The molecule has 3 amide bonds. The summed E-state index contributed by atoms with van der Waals surface area (Å²) in [5.74, 6) is -2.82. The number of nitrogens with two attached hydrogens (primary N) is 1. The van der Waals surface area contributed by atoms with Crippen LogP contribution in [0.15, 0.2) is 60.7 Å². The molecule has 6 N–H and O–H groups in total. The number of nitrogens with one attached hydrogen (secondary N) is 2. The van der Waals surface area contributed by atoms with E-state index in [0.717, 1.165) is 11.1 Å². The molecule has 10 nitrogen and oxygen atoms in total. The van der Waals surface area contributed by atoms with E-state index in [9.17, 15) is 24.3 Å². The van der Waals surface area contributed by atoms with Gasteiger partial charge < -0.3 is 31.5 Å². The molecule has 2 aromatic carbocycles. The van der Waals surface area contributed by atoms with E-state index in [1.165, 1.54) is 4.90 Å². The lowest BCUT2D eigenvalue weighted by atomic mass is 10.0. The van der Waals surface area contributed by atoms with Crippen LogP contribution in [0.5, 0.6) is 0 Å². The maximum absolute atomic E-state index is 13.6. The van der Waals surface area contributed by atoms with Crippen molar-refractivity contribution in [1.82, 2.24) is 15.5 Å². The summed E-state index contributed by atoms with van der Waals surface area (Å²) in [7, 11) is 0. The Labute approximate surface area is 215 Å². The second-order valence-corrected chi connectivity index (χ2v) is 9.24. The fourth-order valence-electron chi connectivity index (χ4n) is 4.49. The highest BCUT2D eigenvalue weighted by atomic mass is 16.4. The average Bonchev–Trinajstić information content (AvgIpc) is 3.37. The van der Waals surface area contributed by atoms with E-state index in [2.05, 4.69) is 10.6 Å². The van der Waals surface area contributed by atoms with Crippen LogP contribution in [-0.2, 0) is 32.0 Å². The summed E-state index contributed by atoms with van der Waals surface area (Å²) >= 11 is 0. The number of carbonyl (C=O) groups is 4. The number of nitrogens with zero attached hydrogens (tertiary/aromatic N) is 1. The smallest absolute Gasteiger partial charge is 0.328 e. The molecule has 0 bridgehead atoms. The van der Waals surface area contributed by atoms with Crippen molar-refractivity contribution in [2.45, 2.75) is 56.3 Å². The number of rotatable bonds is 12. The number of benzene rings is 2. The third kappa shape index (κ3) is 8.12. The molecule has 1 heterocycles. The minimum atomic E-state index is -1.46. The molecule has 4 atom stereocenters. The Morgan fingerprint density at radius 3 is 2.08 bits per heavy atom. The second kappa shape index (κ2) is 13.5. The largest absolute Gasteiger partial charge is 0.480 e. The van der Waals surface area contributed by atoms with Gasteiger partial charge in [-0.15, -0.1) is 0 Å². The van der Waals surface area contributed by atoms with E-state index in [0.29, 0.717) is 25.8 Å². The Balaban J connectivity index is 1.70. The minimum Gasteiger partial charge on any atom is -0.480 e. The van der Waals surface area contributed by atoms with Crippen LogP contribution in [0.2, 0.25) is 0 Å². The number of carbonyl (C=O) groups excluding carboxylic acids is 3. The van der Waals surface area contributed by atoms with Gasteiger partial charge in [-0.3, -0.25) is 14.4 Å². The summed E-state index contributed by atoms with van der Waals surface area (Å²) < 4.78 is 0. The van der Waals surface area contributed by atoms with Gasteiger partial charge in [0.25, 0.3) is 0 Å². The van der Waals surface area contributed by atoms with Crippen LogP contribution in [0, 0.1) is 0 Å². The zero-order valence-corrected chi connectivity index (χ0v) is 20.6. The monoisotopic (exact) mass is 510 g/mol. The number of carboxylic acid groups (broad SMARTS) is 1. The minimum absolute atomic E-state index is 0.0220. The Morgan fingerprint density at radius 2 is 1.51 bits per heavy atom. The van der Waals surface area contributed by atoms with Crippen LogP contribution < -0.4 is 16.4 Å². The Bertz CT molecular complexity index is 1070. The lowest BCUT2D eigenvalue weighted by Crippen LogP contribution is -2.56. The topological polar surface area (TPSA) is 162 Å². The van der Waals surface area contributed by atoms with E-state index in [4.69, 9.17) is 10.8 Å². The fraction of sp³-hybridized carbons (Fsp3) is 0.407. The van der Waals surface area contributed by atoms with Crippen molar-refractivity contribution >= 4 is 23.7 Å². The molecule has 1 fully saturated rings. The maximum atomic E-state index is 13.6. The number of hydrogen-bond acceptors (Lipinski definition) is 6. The summed E-state index contributed by atoms with van der Waals surface area (Å²) in [5, 5.41) is 23.5. The number of aliphatic hydroxyl groups is 1. The third-order valence-corrected chi connectivity index (χ3v) is 6.34. The molecule has 198 valence electrons. The summed E-state index contributed by atoms with van der Waals surface area (Å²) in [4.78, 5) is 51.9. The number of likely N-dealkylation sites (tertiary alicyclic amines) is 1. The molecule has 3 rings (SSSR count). The maximum Gasteiger partial charge on any atom is 0.328 e. The Morgan fingerprint density at radius 1 is 0.919 bits per heavy atom. The molecular weight excluding hydrogens is 476 g/mol. The molecule has 0 unspecified atom stereocenters. The molecule has 0 saturated carbocycles. The molecule has 0 aliphatic carbocycles. The molecule has 10 heteroatoms. The van der Waals surface area contributed by atoms with Gasteiger partial charge in [0.1, 0.15) is 18.1 Å². The van der Waals surface area contributed by atoms with Gasteiger partial charge in [-0.25, -0.2) is 4.79 Å². The zero-order valence-electron chi connectivity index (χ0n) is 20.6.